The molecule has 0 fully saturated rings. The third kappa shape index (κ3) is 4.89. The van der Waals surface area contributed by atoms with Crippen LogP contribution in [0.5, 0.6) is 0 Å². The van der Waals surface area contributed by atoms with Gasteiger partial charge in [-0.25, -0.2) is 4.98 Å². The van der Waals surface area contributed by atoms with Crippen LogP contribution >= 0.6 is 11.3 Å². The lowest BCUT2D eigenvalue weighted by Gasteiger charge is -2.20. The maximum absolute atomic E-state index is 12.4. The highest BCUT2D eigenvalue weighted by Crippen LogP contribution is 2.27. The van der Waals surface area contributed by atoms with Gasteiger partial charge in [0.05, 0.1) is 5.69 Å². The lowest BCUT2D eigenvalue weighted by atomic mass is 10.0. The number of aryl methyl sites for hydroxylation is 1. The number of nitrogens with zero attached hydrogens (tertiary/aromatic N) is 1. The summed E-state index contributed by atoms with van der Waals surface area (Å²) in [7, 11) is 0. The van der Waals surface area contributed by atoms with E-state index >= 15 is 0 Å². The first kappa shape index (κ1) is 19.6. The van der Waals surface area contributed by atoms with Crippen LogP contribution in [0.25, 0.3) is 10.6 Å². The molecule has 0 saturated heterocycles. The smallest absolute Gasteiger partial charge is 0.281 e. The fourth-order valence-electron chi connectivity index (χ4n) is 2.32. The van der Waals surface area contributed by atoms with Crippen molar-refractivity contribution >= 4 is 29.1 Å². The largest absolute Gasteiger partial charge is 0.344 e. The summed E-state index contributed by atoms with van der Waals surface area (Å²) in [5, 5.41) is 3.30. The van der Waals surface area contributed by atoms with Gasteiger partial charge in [0.25, 0.3) is 11.8 Å². The Morgan fingerprint density at radius 2 is 1.73 bits per heavy atom. The van der Waals surface area contributed by atoms with Gasteiger partial charge in [0.1, 0.15) is 15.9 Å². The van der Waals surface area contributed by atoms with E-state index < -0.39 is 17.9 Å². The zero-order valence-electron chi connectivity index (χ0n) is 15.1. The van der Waals surface area contributed by atoms with E-state index in [0.717, 1.165) is 10.6 Å². The molecule has 0 aliphatic heterocycles. The summed E-state index contributed by atoms with van der Waals surface area (Å²) in [5.41, 5.74) is 6.27. The van der Waals surface area contributed by atoms with Crippen LogP contribution in [-0.4, -0.2) is 28.7 Å². The number of hydrogen-bond acceptors (Lipinski definition) is 5. The molecule has 1 unspecified atom stereocenters. The van der Waals surface area contributed by atoms with Crippen molar-refractivity contribution in [3.8, 4) is 10.6 Å². The van der Waals surface area contributed by atoms with Crippen LogP contribution in [0.15, 0.2) is 30.3 Å². The van der Waals surface area contributed by atoms with Crippen molar-refractivity contribution in [2.45, 2.75) is 33.7 Å². The second-order valence-corrected chi connectivity index (χ2v) is 7.16. The van der Waals surface area contributed by atoms with E-state index in [1.807, 2.05) is 44.2 Å². The van der Waals surface area contributed by atoms with Gasteiger partial charge in [-0.3, -0.25) is 25.2 Å². The van der Waals surface area contributed by atoms with E-state index in [9.17, 15) is 14.4 Å². The normalized spacial score (nSPS) is 11.7. The second kappa shape index (κ2) is 8.57. The SMILES string of the molecule is CC(=O)NC(C(=O)NNC(=O)c1sc(-c2ccccc2)nc1C)C(C)C. The van der Waals surface area contributed by atoms with Crippen molar-refractivity contribution in [2.75, 3.05) is 0 Å². The fourth-order valence-corrected chi connectivity index (χ4v) is 3.29. The molecule has 2 rings (SSSR count). The average Bonchev–Trinajstić information content (AvgIpc) is 2.99. The highest BCUT2D eigenvalue weighted by molar-refractivity contribution is 7.17. The third-order valence-electron chi connectivity index (χ3n) is 3.63. The molecular formula is C18H22N4O3S. The van der Waals surface area contributed by atoms with Crippen LogP contribution in [0.2, 0.25) is 0 Å². The van der Waals surface area contributed by atoms with E-state index in [1.54, 1.807) is 6.92 Å². The minimum atomic E-state index is -0.727. The van der Waals surface area contributed by atoms with Crippen LogP contribution in [0.3, 0.4) is 0 Å². The summed E-state index contributed by atoms with van der Waals surface area (Å²) in [4.78, 5) is 40.7. The Labute approximate surface area is 156 Å². The van der Waals surface area contributed by atoms with Crippen LogP contribution in [0.4, 0.5) is 0 Å². The summed E-state index contributed by atoms with van der Waals surface area (Å²) >= 11 is 1.25. The van der Waals surface area contributed by atoms with Crippen LogP contribution < -0.4 is 16.2 Å². The molecule has 0 saturated carbocycles. The van der Waals surface area contributed by atoms with E-state index in [4.69, 9.17) is 0 Å². The van der Waals surface area contributed by atoms with E-state index in [-0.39, 0.29) is 11.8 Å². The third-order valence-corrected chi connectivity index (χ3v) is 4.84. The molecule has 2 aromatic rings. The molecule has 8 heteroatoms. The van der Waals surface area contributed by atoms with Gasteiger partial charge < -0.3 is 5.32 Å². The highest BCUT2D eigenvalue weighted by Gasteiger charge is 2.24. The molecule has 1 atom stereocenters. The topological polar surface area (TPSA) is 100 Å². The number of carbonyl (C=O) groups excluding carboxylic acids is 3. The first-order valence-corrected chi connectivity index (χ1v) is 9.01. The first-order valence-electron chi connectivity index (χ1n) is 8.19. The minimum Gasteiger partial charge on any atom is -0.344 e. The van der Waals surface area contributed by atoms with Gasteiger partial charge in [0.2, 0.25) is 5.91 Å². The quantitative estimate of drug-likeness (QED) is 0.697. The molecule has 0 radical (unpaired) electrons. The maximum atomic E-state index is 12.4. The second-order valence-electron chi connectivity index (χ2n) is 6.17. The maximum Gasteiger partial charge on any atom is 0.281 e. The Hall–Kier alpha value is -2.74. The molecule has 138 valence electrons. The molecule has 1 aromatic carbocycles. The molecule has 3 N–H and O–H groups in total. The van der Waals surface area contributed by atoms with Crippen molar-refractivity contribution < 1.29 is 14.4 Å². The van der Waals surface area contributed by atoms with Gasteiger partial charge in [-0.15, -0.1) is 11.3 Å². The molecule has 1 heterocycles. The Balaban J connectivity index is 2.05. The zero-order chi connectivity index (χ0) is 19.3. The van der Waals surface area contributed by atoms with E-state index in [0.29, 0.717) is 10.6 Å². The number of nitrogens with one attached hydrogen (secondary N) is 3. The lowest BCUT2D eigenvalue weighted by molar-refractivity contribution is -0.129. The van der Waals surface area contributed by atoms with Crippen molar-refractivity contribution in [3.63, 3.8) is 0 Å². The molecule has 26 heavy (non-hydrogen) atoms. The summed E-state index contributed by atoms with van der Waals surface area (Å²) < 4.78 is 0. The van der Waals surface area contributed by atoms with Gasteiger partial charge >= 0.3 is 0 Å². The van der Waals surface area contributed by atoms with Crippen LogP contribution in [-0.2, 0) is 9.59 Å². The van der Waals surface area contributed by atoms with Crippen molar-refractivity contribution in [3.05, 3.63) is 40.9 Å². The number of hydrogen-bond donors (Lipinski definition) is 3. The van der Waals surface area contributed by atoms with E-state index in [1.165, 1.54) is 18.3 Å². The number of thiazole rings is 1. The molecule has 0 spiro atoms. The van der Waals surface area contributed by atoms with E-state index in [2.05, 4.69) is 21.2 Å². The summed E-state index contributed by atoms with van der Waals surface area (Å²) in [5.74, 6) is -1.35. The van der Waals surface area contributed by atoms with Crippen LogP contribution in [0.1, 0.15) is 36.1 Å². The first-order chi connectivity index (χ1) is 12.3. The number of amides is 3. The Morgan fingerprint density at radius 1 is 1.08 bits per heavy atom. The van der Waals surface area contributed by atoms with Gasteiger partial charge in [-0.2, -0.15) is 0 Å². The zero-order valence-corrected chi connectivity index (χ0v) is 15.9. The molecule has 0 aliphatic carbocycles. The number of carbonyl (C=O) groups is 3. The molecular weight excluding hydrogens is 352 g/mol. The molecule has 7 nitrogen and oxygen atoms in total. The van der Waals surface area contributed by atoms with Gasteiger partial charge in [0, 0.05) is 12.5 Å². The minimum absolute atomic E-state index is 0.120. The lowest BCUT2D eigenvalue weighted by Crippen LogP contribution is -2.54. The highest BCUT2D eigenvalue weighted by atomic mass is 32.1. The number of aromatic nitrogens is 1. The summed E-state index contributed by atoms with van der Waals surface area (Å²) in [6.45, 7) is 6.70. The summed E-state index contributed by atoms with van der Waals surface area (Å²) in [6.07, 6.45) is 0. The Kier molecular flexibility index (Phi) is 6.46. The van der Waals surface area contributed by atoms with Crippen molar-refractivity contribution in [1.29, 1.82) is 0 Å². The fraction of sp³-hybridized carbons (Fsp3) is 0.333. The average molecular weight is 374 g/mol. The Morgan fingerprint density at radius 3 is 2.31 bits per heavy atom. The number of rotatable bonds is 5. The monoisotopic (exact) mass is 374 g/mol. The van der Waals surface area contributed by atoms with Crippen molar-refractivity contribution in [1.82, 2.24) is 21.2 Å². The van der Waals surface area contributed by atoms with Gasteiger partial charge in [0.15, 0.2) is 0 Å². The molecule has 0 aliphatic rings. The molecule has 3 amide bonds. The number of hydrazine groups is 1. The predicted molar refractivity (Wildman–Crippen MR) is 100 cm³/mol. The standard InChI is InChI=1S/C18H22N4O3S/c1-10(2)14(20-12(4)23)16(24)21-22-17(25)15-11(3)19-18(26-15)13-8-6-5-7-9-13/h5-10,14H,1-4H3,(H,20,23)(H,21,24)(H,22,25). The molecule has 1 aromatic heterocycles. The van der Waals surface area contributed by atoms with Crippen LogP contribution in [0, 0.1) is 12.8 Å². The predicted octanol–water partition coefficient (Wildman–Crippen LogP) is 2.04. The number of benzene rings is 1. The summed E-state index contributed by atoms with van der Waals surface area (Å²) in [6, 6.07) is 8.83. The molecule has 0 bridgehead atoms. The van der Waals surface area contributed by atoms with Gasteiger partial charge in [-0.1, -0.05) is 44.2 Å². The Bertz CT molecular complexity index is 802. The van der Waals surface area contributed by atoms with Crippen molar-refractivity contribution in [2.24, 2.45) is 5.92 Å². The van der Waals surface area contributed by atoms with Gasteiger partial charge in [-0.05, 0) is 12.8 Å².